The fourth-order valence-corrected chi connectivity index (χ4v) is 9.43. The SMILES string of the molecule is CC(C)CN(CC(=O)N(CC(=O)N(CC(=O)N(CCCCN)CC(=O)N(CCCCN)CC(N)=O)[C@@H](C)c1ccccc1)CC(C)C)C(=O)CN(CCc1c[nH]c2ccccc12)C(=O)CN(CCCCN)C(=O)C(N)CCCCN. The maximum Gasteiger partial charge on any atom is 0.243 e. The Morgan fingerprint density at radius 1 is 0.475 bits per heavy atom. The number of rotatable bonds is 40. The summed E-state index contributed by atoms with van der Waals surface area (Å²) in [4.78, 5) is 126. The highest BCUT2D eigenvalue weighted by atomic mass is 16.2. The van der Waals surface area contributed by atoms with Gasteiger partial charge < -0.3 is 73.7 Å². The number of nitrogens with one attached hydrogen (secondary N) is 1. The third-order valence-electron chi connectivity index (χ3n) is 13.9. The molecule has 0 fully saturated rings. The van der Waals surface area contributed by atoms with Gasteiger partial charge in [-0.05, 0) is 120 Å². The summed E-state index contributed by atoms with van der Waals surface area (Å²) in [6.45, 7) is 9.25. The fraction of sp³-hybridized carbons (Fsp3) is 0.621. The Bertz CT molecular complexity index is 2380. The van der Waals surface area contributed by atoms with E-state index in [9.17, 15) is 38.4 Å². The van der Waals surface area contributed by atoms with Crippen LogP contribution in [0.3, 0.4) is 0 Å². The van der Waals surface area contributed by atoms with Crippen molar-refractivity contribution in [3.05, 3.63) is 71.9 Å². The molecule has 13 N–H and O–H groups in total. The number of primary amides is 1. The Morgan fingerprint density at radius 2 is 0.900 bits per heavy atom. The number of nitrogens with two attached hydrogens (primary N) is 6. The van der Waals surface area contributed by atoms with Crippen molar-refractivity contribution >= 4 is 58.2 Å². The molecule has 0 aliphatic rings. The van der Waals surface area contributed by atoms with Crippen molar-refractivity contribution in [2.45, 2.75) is 111 Å². The zero-order valence-corrected chi connectivity index (χ0v) is 48.5. The zero-order valence-electron chi connectivity index (χ0n) is 48.5. The van der Waals surface area contributed by atoms with Crippen molar-refractivity contribution in [3.8, 4) is 0 Å². The van der Waals surface area contributed by atoms with Crippen LogP contribution in [0.5, 0.6) is 0 Å². The first-order chi connectivity index (χ1) is 38.2. The van der Waals surface area contributed by atoms with E-state index in [-0.39, 0.29) is 76.6 Å². The molecule has 1 unspecified atom stereocenters. The van der Waals surface area contributed by atoms with Crippen molar-refractivity contribution in [1.29, 1.82) is 0 Å². The number of carbonyl (C=O) groups excluding carboxylic acids is 8. The molecule has 0 saturated carbocycles. The van der Waals surface area contributed by atoms with E-state index in [2.05, 4.69) is 4.98 Å². The minimum atomic E-state index is -0.850. The average molecular weight is 1120 g/mol. The molecule has 2 atom stereocenters. The molecular formula is C58H96N14O8. The second-order valence-electron chi connectivity index (χ2n) is 21.6. The quantitative estimate of drug-likeness (QED) is 0.0400. The normalized spacial score (nSPS) is 12.1. The van der Waals surface area contributed by atoms with E-state index in [4.69, 9.17) is 34.4 Å². The second-order valence-corrected chi connectivity index (χ2v) is 21.6. The molecule has 80 heavy (non-hydrogen) atoms. The van der Waals surface area contributed by atoms with Crippen molar-refractivity contribution < 1.29 is 38.4 Å². The number of para-hydroxylation sites is 1. The number of carbonyl (C=O) groups is 8. The number of H-pyrrole nitrogens is 1. The van der Waals surface area contributed by atoms with Crippen LogP contribution in [0.15, 0.2) is 60.8 Å². The number of hydrogen-bond donors (Lipinski definition) is 7. The maximum absolute atomic E-state index is 14.9. The molecule has 22 nitrogen and oxygen atoms in total. The van der Waals surface area contributed by atoms with E-state index < -0.39 is 79.6 Å². The van der Waals surface area contributed by atoms with Crippen LogP contribution >= 0.6 is 0 Å². The van der Waals surface area contributed by atoms with E-state index in [0.29, 0.717) is 90.4 Å². The third kappa shape index (κ3) is 23.7. The van der Waals surface area contributed by atoms with Gasteiger partial charge in [-0.3, -0.25) is 38.4 Å². The molecule has 2 aromatic carbocycles. The standard InChI is InChI=1S/C58H96N14O8/c1-43(2)34-70(54(76)38-68(32-24-47-33-65-50-23-10-9-21-48(47)50)53(75)39-69(31-18-15-28-62)58(80)49(63)22-11-12-25-59)40-55(77)71(35-44(3)4)41-57(79)72(45(5)46-19-7-6-8-20-46)42-56(78)67(30-17-14-27-61)37-52(74)66(36-51(64)73)29-16-13-26-60/h6-10,19-21,23,33,43-45,49,65H,11-18,22,24-32,34-42,59-63H2,1-5H3,(H2,64,73)/t45-,49?/m0/s1. The number of unbranched alkanes of at least 4 members (excludes halogenated alkanes) is 4. The molecule has 0 aliphatic heterocycles. The number of amides is 8. The highest BCUT2D eigenvalue weighted by molar-refractivity contribution is 5.94. The number of nitrogens with zero attached hydrogens (tertiary/aromatic N) is 7. The van der Waals surface area contributed by atoms with Crippen molar-refractivity contribution in [3.63, 3.8) is 0 Å². The van der Waals surface area contributed by atoms with Crippen molar-refractivity contribution in [1.82, 2.24) is 39.3 Å². The first-order valence-corrected chi connectivity index (χ1v) is 28.7. The van der Waals surface area contributed by atoms with Gasteiger partial charge in [-0.15, -0.1) is 0 Å². The Hall–Kier alpha value is -6.46. The monoisotopic (exact) mass is 1120 g/mol. The average Bonchev–Trinajstić information content (AvgIpc) is 3.85. The first kappa shape index (κ1) is 67.8. The molecule has 0 bridgehead atoms. The summed E-state index contributed by atoms with van der Waals surface area (Å²) in [5.41, 5.74) is 37.5. The number of aromatic amines is 1. The minimum Gasteiger partial charge on any atom is -0.368 e. The Morgan fingerprint density at radius 3 is 1.43 bits per heavy atom. The predicted molar refractivity (Wildman–Crippen MR) is 313 cm³/mol. The van der Waals surface area contributed by atoms with Gasteiger partial charge in [-0.25, -0.2) is 0 Å². The van der Waals surface area contributed by atoms with E-state index >= 15 is 0 Å². The molecular weight excluding hydrogens is 1020 g/mol. The zero-order chi connectivity index (χ0) is 59.1. The highest BCUT2D eigenvalue weighted by Gasteiger charge is 2.33. The molecule has 0 spiro atoms. The largest absolute Gasteiger partial charge is 0.368 e. The summed E-state index contributed by atoms with van der Waals surface area (Å²) in [7, 11) is 0. The second kappa shape index (κ2) is 36.7. The summed E-state index contributed by atoms with van der Waals surface area (Å²) in [5.74, 6) is -4.37. The van der Waals surface area contributed by atoms with E-state index in [1.165, 1.54) is 34.3 Å². The number of benzene rings is 2. The van der Waals surface area contributed by atoms with E-state index in [0.717, 1.165) is 22.0 Å². The number of hydrogen-bond acceptors (Lipinski definition) is 13. The van der Waals surface area contributed by atoms with Crippen LogP contribution in [0.25, 0.3) is 10.9 Å². The van der Waals surface area contributed by atoms with Crippen LogP contribution < -0.4 is 34.4 Å². The van der Waals surface area contributed by atoms with Gasteiger partial charge in [-0.1, -0.05) is 82.6 Å². The van der Waals surface area contributed by atoms with Crippen LogP contribution in [0.4, 0.5) is 0 Å². The number of aromatic nitrogens is 1. The van der Waals surface area contributed by atoms with Crippen LogP contribution in [-0.4, -0.2) is 204 Å². The lowest BCUT2D eigenvalue weighted by Crippen LogP contribution is -2.53. The van der Waals surface area contributed by atoms with Crippen LogP contribution in [0.2, 0.25) is 0 Å². The molecule has 1 heterocycles. The molecule has 3 aromatic rings. The summed E-state index contributed by atoms with van der Waals surface area (Å²) in [6.07, 6.45) is 7.32. The number of fused-ring (bicyclic) bond motifs is 1. The van der Waals surface area contributed by atoms with Gasteiger partial charge in [0.1, 0.15) is 6.54 Å². The van der Waals surface area contributed by atoms with Gasteiger partial charge in [-0.2, -0.15) is 0 Å². The molecule has 446 valence electrons. The molecule has 0 aliphatic carbocycles. The smallest absolute Gasteiger partial charge is 0.243 e. The maximum atomic E-state index is 14.9. The molecule has 0 saturated heterocycles. The molecule has 0 radical (unpaired) electrons. The van der Waals surface area contributed by atoms with Crippen LogP contribution in [0, 0.1) is 11.8 Å². The van der Waals surface area contributed by atoms with E-state index in [1.807, 2.05) is 88.5 Å². The molecule has 1 aromatic heterocycles. The summed E-state index contributed by atoms with van der Waals surface area (Å²) in [6, 6.07) is 15.4. The lowest BCUT2D eigenvalue weighted by atomic mass is 10.1. The fourth-order valence-electron chi connectivity index (χ4n) is 9.43. The van der Waals surface area contributed by atoms with Gasteiger partial charge in [0.15, 0.2) is 0 Å². The Labute approximate surface area is 474 Å². The third-order valence-corrected chi connectivity index (χ3v) is 13.9. The Balaban J connectivity index is 1.99. The van der Waals surface area contributed by atoms with Crippen LogP contribution in [-0.2, 0) is 44.8 Å². The summed E-state index contributed by atoms with van der Waals surface area (Å²) >= 11 is 0. The molecule has 22 heteroatoms. The summed E-state index contributed by atoms with van der Waals surface area (Å²) in [5, 5.41) is 0.967. The van der Waals surface area contributed by atoms with Crippen LogP contribution in [0.1, 0.15) is 110 Å². The van der Waals surface area contributed by atoms with Gasteiger partial charge in [0.2, 0.25) is 47.3 Å². The van der Waals surface area contributed by atoms with Crippen molar-refractivity contribution in [2.75, 3.05) is 111 Å². The van der Waals surface area contributed by atoms with Gasteiger partial charge in [0.25, 0.3) is 0 Å². The molecule has 3 rings (SSSR count). The van der Waals surface area contributed by atoms with E-state index in [1.54, 1.807) is 6.92 Å². The lowest BCUT2D eigenvalue weighted by molar-refractivity contribution is -0.149. The first-order valence-electron chi connectivity index (χ1n) is 28.7. The lowest BCUT2D eigenvalue weighted by Gasteiger charge is -2.35. The summed E-state index contributed by atoms with van der Waals surface area (Å²) < 4.78 is 0. The minimum absolute atomic E-state index is 0.111. The van der Waals surface area contributed by atoms with Gasteiger partial charge >= 0.3 is 0 Å². The van der Waals surface area contributed by atoms with Crippen molar-refractivity contribution in [2.24, 2.45) is 46.2 Å². The highest BCUT2D eigenvalue weighted by Crippen LogP contribution is 2.22. The van der Waals surface area contributed by atoms with Gasteiger partial charge in [0.05, 0.1) is 51.4 Å². The Kier molecular flexibility index (Phi) is 31.1. The topological polar surface area (TPSA) is 331 Å². The van der Waals surface area contributed by atoms with Gasteiger partial charge in [0, 0.05) is 56.4 Å². The molecule has 8 amide bonds. The predicted octanol–water partition coefficient (Wildman–Crippen LogP) is 1.74.